The van der Waals surface area contributed by atoms with Crippen LogP contribution in [0.5, 0.6) is 5.75 Å². The quantitative estimate of drug-likeness (QED) is 0.867. The zero-order valence-corrected chi connectivity index (χ0v) is 11.6. The molecule has 2 aromatic rings. The molecule has 19 heavy (non-hydrogen) atoms. The fourth-order valence-corrected chi connectivity index (χ4v) is 1.67. The molecule has 2 rings (SSSR count). The van der Waals surface area contributed by atoms with E-state index in [1.54, 1.807) is 0 Å². The molecule has 1 aromatic carbocycles. The topological polar surface area (TPSA) is 47.3 Å². The van der Waals surface area contributed by atoms with Crippen LogP contribution in [0.25, 0.3) is 0 Å². The monoisotopic (exact) mass is 260 g/mol. The SMILES string of the molecule is Cc1cc(COc2ccc(CNC(C)C)cc2)no1. The molecule has 4 heteroatoms. The molecular formula is C15H20N2O2. The maximum Gasteiger partial charge on any atom is 0.134 e. The highest BCUT2D eigenvalue weighted by Gasteiger charge is 2.02. The Labute approximate surface area is 113 Å². The van der Waals surface area contributed by atoms with Gasteiger partial charge in [-0.05, 0) is 24.6 Å². The van der Waals surface area contributed by atoms with E-state index in [0.717, 1.165) is 23.7 Å². The summed E-state index contributed by atoms with van der Waals surface area (Å²) >= 11 is 0. The fraction of sp³-hybridized carbons (Fsp3) is 0.400. The first-order valence-electron chi connectivity index (χ1n) is 6.51. The van der Waals surface area contributed by atoms with Crippen LogP contribution in [-0.2, 0) is 13.2 Å². The van der Waals surface area contributed by atoms with E-state index in [4.69, 9.17) is 9.26 Å². The average molecular weight is 260 g/mol. The minimum atomic E-state index is 0.431. The minimum absolute atomic E-state index is 0.431. The third-order valence-corrected chi connectivity index (χ3v) is 2.70. The molecule has 1 heterocycles. The number of nitrogens with zero attached hydrogens (tertiary/aromatic N) is 1. The molecule has 0 saturated heterocycles. The van der Waals surface area contributed by atoms with E-state index >= 15 is 0 Å². The summed E-state index contributed by atoms with van der Waals surface area (Å²) in [6.07, 6.45) is 0. The highest BCUT2D eigenvalue weighted by Crippen LogP contribution is 2.14. The van der Waals surface area contributed by atoms with Gasteiger partial charge in [-0.2, -0.15) is 0 Å². The van der Waals surface area contributed by atoms with Crippen molar-refractivity contribution in [3.05, 3.63) is 47.3 Å². The van der Waals surface area contributed by atoms with Crippen LogP contribution < -0.4 is 10.1 Å². The van der Waals surface area contributed by atoms with E-state index in [1.165, 1.54) is 5.56 Å². The van der Waals surface area contributed by atoms with Crippen molar-refractivity contribution in [1.29, 1.82) is 0 Å². The lowest BCUT2D eigenvalue weighted by molar-refractivity contribution is 0.288. The highest BCUT2D eigenvalue weighted by molar-refractivity contribution is 5.27. The predicted octanol–water partition coefficient (Wildman–Crippen LogP) is 3.06. The molecule has 0 atom stereocenters. The summed E-state index contributed by atoms with van der Waals surface area (Å²) in [7, 11) is 0. The van der Waals surface area contributed by atoms with Crippen LogP contribution in [0, 0.1) is 6.92 Å². The zero-order chi connectivity index (χ0) is 13.7. The van der Waals surface area contributed by atoms with Gasteiger partial charge in [-0.3, -0.25) is 0 Å². The molecule has 0 amide bonds. The molecule has 1 aromatic heterocycles. The number of hydrogen-bond donors (Lipinski definition) is 1. The fourth-order valence-electron chi connectivity index (χ4n) is 1.67. The van der Waals surface area contributed by atoms with Gasteiger partial charge in [0.25, 0.3) is 0 Å². The summed E-state index contributed by atoms with van der Waals surface area (Å²) in [5.74, 6) is 1.64. The van der Waals surface area contributed by atoms with Gasteiger partial charge in [0.1, 0.15) is 23.8 Å². The smallest absolute Gasteiger partial charge is 0.134 e. The molecule has 1 N–H and O–H groups in total. The van der Waals surface area contributed by atoms with Crippen LogP contribution >= 0.6 is 0 Å². The van der Waals surface area contributed by atoms with Gasteiger partial charge in [-0.1, -0.05) is 31.1 Å². The van der Waals surface area contributed by atoms with Gasteiger partial charge in [0.15, 0.2) is 0 Å². The Bertz CT molecular complexity index is 503. The summed E-state index contributed by atoms with van der Waals surface area (Å²) in [6, 6.07) is 10.5. The van der Waals surface area contributed by atoms with E-state index in [2.05, 4.69) is 36.5 Å². The molecular weight excluding hydrogens is 240 g/mol. The van der Waals surface area contributed by atoms with Crippen LogP contribution in [0.3, 0.4) is 0 Å². The molecule has 0 saturated carbocycles. The minimum Gasteiger partial charge on any atom is -0.487 e. The summed E-state index contributed by atoms with van der Waals surface area (Å²) in [5.41, 5.74) is 2.06. The molecule has 102 valence electrons. The van der Waals surface area contributed by atoms with Crippen molar-refractivity contribution in [2.24, 2.45) is 0 Å². The molecule has 0 aliphatic heterocycles. The van der Waals surface area contributed by atoms with E-state index in [-0.39, 0.29) is 0 Å². The van der Waals surface area contributed by atoms with E-state index in [0.29, 0.717) is 12.6 Å². The van der Waals surface area contributed by atoms with Crippen molar-refractivity contribution in [3.8, 4) is 5.75 Å². The Morgan fingerprint density at radius 1 is 1.26 bits per heavy atom. The molecule has 0 aliphatic carbocycles. The van der Waals surface area contributed by atoms with Crippen molar-refractivity contribution in [2.75, 3.05) is 0 Å². The average Bonchev–Trinajstić information content (AvgIpc) is 2.81. The van der Waals surface area contributed by atoms with Crippen LogP contribution in [-0.4, -0.2) is 11.2 Å². The van der Waals surface area contributed by atoms with Gasteiger partial charge in [0.05, 0.1) is 0 Å². The summed E-state index contributed by atoms with van der Waals surface area (Å²) in [5, 5.41) is 7.27. The van der Waals surface area contributed by atoms with Gasteiger partial charge in [0, 0.05) is 18.7 Å². The Hall–Kier alpha value is -1.81. The summed E-state index contributed by atoms with van der Waals surface area (Å²) in [4.78, 5) is 0. The highest BCUT2D eigenvalue weighted by atomic mass is 16.5. The second kappa shape index (κ2) is 6.38. The first kappa shape index (κ1) is 13.6. The maximum atomic E-state index is 5.64. The lowest BCUT2D eigenvalue weighted by atomic mass is 10.2. The van der Waals surface area contributed by atoms with Gasteiger partial charge < -0.3 is 14.6 Å². The summed E-state index contributed by atoms with van der Waals surface area (Å²) in [6.45, 7) is 7.45. The first-order chi connectivity index (χ1) is 9.13. The van der Waals surface area contributed by atoms with Gasteiger partial charge in [-0.15, -0.1) is 0 Å². The van der Waals surface area contributed by atoms with Crippen LogP contribution in [0.15, 0.2) is 34.9 Å². The zero-order valence-electron chi connectivity index (χ0n) is 11.6. The van der Waals surface area contributed by atoms with Crippen molar-refractivity contribution in [1.82, 2.24) is 10.5 Å². The Morgan fingerprint density at radius 2 is 2.00 bits per heavy atom. The number of rotatable bonds is 6. The Balaban J connectivity index is 1.84. The van der Waals surface area contributed by atoms with Crippen molar-refractivity contribution in [2.45, 2.75) is 40.0 Å². The number of aryl methyl sites for hydroxylation is 1. The van der Waals surface area contributed by atoms with Crippen LogP contribution in [0.1, 0.15) is 30.9 Å². The molecule has 0 bridgehead atoms. The molecule has 0 unspecified atom stereocenters. The molecule has 4 nitrogen and oxygen atoms in total. The number of nitrogens with one attached hydrogen (secondary N) is 1. The largest absolute Gasteiger partial charge is 0.487 e. The van der Waals surface area contributed by atoms with Crippen LogP contribution in [0.2, 0.25) is 0 Å². The van der Waals surface area contributed by atoms with Gasteiger partial charge in [0.2, 0.25) is 0 Å². The van der Waals surface area contributed by atoms with Gasteiger partial charge in [-0.25, -0.2) is 0 Å². The number of hydrogen-bond acceptors (Lipinski definition) is 4. The second-order valence-corrected chi connectivity index (χ2v) is 4.90. The van der Waals surface area contributed by atoms with E-state index < -0.39 is 0 Å². The van der Waals surface area contributed by atoms with Crippen molar-refractivity contribution >= 4 is 0 Å². The van der Waals surface area contributed by atoms with E-state index in [9.17, 15) is 0 Å². The summed E-state index contributed by atoms with van der Waals surface area (Å²) < 4.78 is 10.6. The third kappa shape index (κ3) is 4.41. The number of aromatic nitrogens is 1. The Kier molecular flexibility index (Phi) is 4.58. The van der Waals surface area contributed by atoms with E-state index in [1.807, 2.05) is 25.1 Å². The van der Waals surface area contributed by atoms with Crippen molar-refractivity contribution in [3.63, 3.8) is 0 Å². The maximum absolute atomic E-state index is 5.64. The number of ether oxygens (including phenoxy) is 1. The second-order valence-electron chi connectivity index (χ2n) is 4.90. The van der Waals surface area contributed by atoms with Crippen molar-refractivity contribution < 1.29 is 9.26 Å². The first-order valence-corrected chi connectivity index (χ1v) is 6.51. The molecule has 0 spiro atoms. The van der Waals surface area contributed by atoms with Crippen LogP contribution in [0.4, 0.5) is 0 Å². The lowest BCUT2D eigenvalue weighted by Crippen LogP contribution is -2.21. The number of benzene rings is 1. The molecule has 0 fully saturated rings. The Morgan fingerprint density at radius 3 is 2.58 bits per heavy atom. The third-order valence-electron chi connectivity index (χ3n) is 2.70. The standard InChI is InChI=1S/C15H20N2O2/c1-11(2)16-9-13-4-6-15(7-5-13)18-10-14-8-12(3)19-17-14/h4-8,11,16H,9-10H2,1-3H3. The predicted molar refractivity (Wildman–Crippen MR) is 74.0 cm³/mol. The molecule has 0 aliphatic rings. The molecule has 0 radical (unpaired) electrons. The normalized spacial score (nSPS) is 10.9. The lowest BCUT2D eigenvalue weighted by Gasteiger charge is -2.09. The van der Waals surface area contributed by atoms with Gasteiger partial charge >= 0.3 is 0 Å².